The molecule has 1 atom stereocenters. The maximum absolute atomic E-state index is 13.0. The average Bonchev–Trinajstić information content (AvgIpc) is 3.25. The third-order valence-corrected chi connectivity index (χ3v) is 6.38. The minimum absolute atomic E-state index is 0.0707. The van der Waals surface area contributed by atoms with Crippen LogP contribution in [0, 0.1) is 13.8 Å². The molecule has 2 amide bonds. The van der Waals surface area contributed by atoms with E-state index in [4.69, 9.17) is 0 Å². The van der Waals surface area contributed by atoms with Crippen molar-refractivity contribution in [1.29, 1.82) is 0 Å². The Kier molecular flexibility index (Phi) is 5.12. The number of carbonyl (C=O) groups excluding carboxylic acids is 2. The fraction of sp³-hybridized carbons (Fsp3) is 0.429. The lowest BCUT2D eigenvalue weighted by atomic mass is 10.1. The molecule has 0 spiro atoms. The van der Waals surface area contributed by atoms with Gasteiger partial charge in [-0.1, -0.05) is 23.8 Å². The minimum Gasteiger partial charge on any atom is -0.296 e. The molecule has 2 fully saturated rings. The van der Waals surface area contributed by atoms with E-state index in [0.717, 1.165) is 49.5 Å². The number of thiophene rings is 1. The van der Waals surface area contributed by atoms with Crippen LogP contribution in [0.1, 0.15) is 22.4 Å². The quantitative estimate of drug-likeness (QED) is 0.762. The molecule has 2 saturated heterocycles. The molecule has 6 heteroatoms. The van der Waals surface area contributed by atoms with Crippen LogP contribution in [0.4, 0.5) is 5.69 Å². The van der Waals surface area contributed by atoms with Crippen LogP contribution >= 0.6 is 11.3 Å². The molecule has 2 aliphatic heterocycles. The predicted molar refractivity (Wildman–Crippen MR) is 108 cm³/mol. The summed E-state index contributed by atoms with van der Waals surface area (Å²) < 4.78 is 0. The number of hydrogen-bond acceptors (Lipinski definition) is 5. The Hall–Kier alpha value is -2.02. The zero-order chi connectivity index (χ0) is 19.0. The summed E-state index contributed by atoms with van der Waals surface area (Å²) >= 11 is 1.78. The Balaban J connectivity index is 1.42. The van der Waals surface area contributed by atoms with E-state index in [1.54, 1.807) is 11.3 Å². The van der Waals surface area contributed by atoms with Gasteiger partial charge < -0.3 is 0 Å². The lowest BCUT2D eigenvalue weighted by Crippen LogP contribution is -2.52. The van der Waals surface area contributed by atoms with Crippen LogP contribution in [0.2, 0.25) is 0 Å². The molecular weight excluding hydrogens is 358 g/mol. The first-order valence-corrected chi connectivity index (χ1v) is 10.3. The molecule has 5 nitrogen and oxygen atoms in total. The summed E-state index contributed by atoms with van der Waals surface area (Å²) in [6.45, 7) is 8.46. The standard InChI is InChI=1S/C21H25N3O2S/c1-15-5-6-18(16(2)12-15)24-20(25)13-19(21(24)26)23-9-7-22(8-10-23)14-17-4-3-11-27-17/h3-6,11-12,19H,7-10,13-14H2,1-2H3/t19-/m0/s1. The summed E-state index contributed by atoms with van der Waals surface area (Å²) in [7, 11) is 0. The molecule has 1 aromatic carbocycles. The number of hydrogen-bond donors (Lipinski definition) is 0. The Morgan fingerprint density at radius 3 is 2.52 bits per heavy atom. The Labute approximate surface area is 164 Å². The highest BCUT2D eigenvalue weighted by Gasteiger charge is 2.43. The summed E-state index contributed by atoms with van der Waals surface area (Å²) in [6.07, 6.45) is 0.289. The van der Waals surface area contributed by atoms with Crippen LogP contribution < -0.4 is 4.90 Å². The molecule has 0 radical (unpaired) electrons. The van der Waals surface area contributed by atoms with E-state index >= 15 is 0 Å². The second-order valence-corrected chi connectivity index (χ2v) is 8.50. The number of aryl methyl sites for hydroxylation is 2. The monoisotopic (exact) mass is 383 g/mol. The van der Waals surface area contributed by atoms with E-state index in [1.807, 2.05) is 32.0 Å². The number of piperazine rings is 1. The van der Waals surface area contributed by atoms with Crippen molar-refractivity contribution >= 4 is 28.8 Å². The molecule has 27 heavy (non-hydrogen) atoms. The zero-order valence-electron chi connectivity index (χ0n) is 15.9. The third-order valence-electron chi connectivity index (χ3n) is 5.52. The van der Waals surface area contributed by atoms with Crippen LogP contribution in [-0.4, -0.2) is 53.8 Å². The lowest BCUT2D eigenvalue weighted by molar-refractivity contribution is -0.123. The van der Waals surface area contributed by atoms with Crippen molar-refractivity contribution in [2.75, 3.05) is 31.1 Å². The first-order valence-electron chi connectivity index (χ1n) is 9.46. The second kappa shape index (κ2) is 7.54. The van der Waals surface area contributed by atoms with Gasteiger partial charge in [0.05, 0.1) is 18.2 Å². The van der Waals surface area contributed by atoms with Crippen molar-refractivity contribution in [3.05, 3.63) is 51.7 Å². The Bertz CT molecular complexity index is 841. The summed E-state index contributed by atoms with van der Waals surface area (Å²) in [5.41, 5.74) is 2.83. The zero-order valence-corrected chi connectivity index (χ0v) is 16.7. The summed E-state index contributed by atoms with van der Waals surface area (Å²) in [4.78, 5) is 33.0. The van der Waals surface area contributed by atoms with Gasteiger partial charge in [-0.2, -0.15) is 0 Å². The molecule has 4 rings (SSSR count). The van der Waals surface area contributed by atoms with Crippen LogP contribution in [0.25, 0.3) is 0 Å². The van der Waals surface area contributed by atoms with Crippen molar-refractivity contribution in [3.63, 3.8) is 0 Å². The topological polar surface area (TPSA) is 43.9 Å². The molecule has 0 bridgehead atoms. The summed E-state index contributed by atoms with van der Waals surface area (Å²) in [5, 5.41) is 2.11. The van der Waals surface area contributed by atoms with Crippen molar-refractivity contribution in [3.8, 4) is 0 Å². The molecule has 0 N–H and O–H groups in total. The molecule has 142 valence electrons. The SMILES string of the molecule is Cc1ccc(N2C(=O)C[C@H](N3CCN(Cc4cccs4)CC3)C2=O)c(C)c1. The molecule has 0 saturated carbocycles. The van der Waals surface area contributed by atoms with Gasteiger partial charge in [0.2, 0.25) is 5.91 Å². The highest BCUT2D eigenvalue weighted by molar-refractivity contribution is 7.09. The number of benzene rings is 1. The lowest BCUT2D eigenvalue weighted by Gasteiger charge is -2.36. The summed E-state index contributed by atoms with van der Waals surface area (Å²) in [6, 6.07) is 9.80. The Morgan fingerprint density at radius 2 is 1.85 bits per heavy atom. The van der Waals surface area contributed by atoms with Crippen molar-refractivity contribution in [2.45, 2.75) is 32.9 Å². The smallest absolute Gasteiger partial charge is 0.251 e. The average molecular weight is 384 g/mol. The minimum atomic E-state index is -0.318. The number of anilines is 1. The predicted octanol–water partition coefficient (Wildman–Crippen LogP) is 2.81. The number of rotatable bonds is 4. The van der Waals surface area contributed by atoms with Crippen molar-refractivity contribution < 1.29 is 9.59 Å². The van der Waals surface area contributed by atoms with Gasteiger partial charge in [-0.3, -0.25) is 19.4 Å². The molecule has 2 aliphatic rings. The first-order chi connectivity index (χ1) is 13.0. The molecule has 0 unspecified atom stereocenters. The fourth-order valence-electron chi connectivity index (χ4n) is 4.07. The Morgan fingerprint density at radius 1 is 1.07 bits per heavy atom. The number of carbonyl (C=O) groups is 2. The highest BCUT2D eigenvalue weighted by atomic mass is 32.1. The van der Waals surface area contributed by atoms with Gasteiger partial charge in [-0.05, 0) is 36.9 Å². The largest absolute Gasteiger partial charge is 0.296 e. The van der Waals surface area contributed by atoms with Crippen molar-refractivity contribution in [2.24, 2.45) is 0 Å². The van der Waals surface area contributed by atoms with Crippen LogP contribution in [-0.2, 0) is 16.1 Å². The third kappa shape index (κ3) is 3.70. The van der Waals surface area contributed by atoms with E-state index in [9.17, 15) is 9.59 Å². The first kappa shape index (κ1) is 18.3. The molecule has 3 heterocycles. The molecule has 2 aromatic rings. The van der Waals surface area contributed by atoms with Gasteiger partial charge in [-0.25, -0.2) is 4.90 Å². The number of nitrogens with zero attached hydrogens (tertiary/aromatic N) is 3. The normalized spacial score (nSPS) is 22.0. The molecular formula is C21H25N3O2S. The van der Waals surface area contributed by atoms with E-state index < -0.39 is 0 Å². The van der Waals surface area contributed by atoms with Gasteiger partial charge in [0.15, 0.2) is 0 Å². The number of amides is 2. The molecule has 1 aromatic heterocycles. The van der Waals surface area contributed by atoms with Gasteiger partial charge in [-0.15, -0.1) is 11.3 Å². The van der Waals surface area contributed by atoms with E-state index in [1.165, 1.54) is 9.78 Å². The van der Waals surface area contributed by atoms with E-state index in [-0.39, 0.29) is 24.3 Å². The van der Waals surface area contributed by atoms with Gasteiger partial charge in [0.25, 0.3) is 5.91 Å². The maximum atomic E-state index is 13.0. The second-order valence-electron chi connectivity index (χ2n) is 7.47. The summed E-state index contributed by atoms with van der Waals surface area (Å²) in [5.74, 6) is -0.156. The number of imide groups is 1. The van der Waals surface area contributed by atoms with Crippen LogP contribution in [0.15, 0.2) is 35.7 Å². The van der Waals surface area contributed by atoms with E-state index in [2.05, 4.69) is 27.3 Å². The fourth-order valence-corrected chi connectivity index (χ4v) is 4.81. The van der Waals surface area contributed by atoms with Crippen molar-refractivity contribution in [1.82, 2.24) is 9.80 Å². The maximum Gasteiger partial charge on any atom is 0.251 e. The van der Waals surface area contributed by atoms with Gasteiger partial charge >= 0.3 is 0 Å². The van der Waals surface area contributed by atoms with Crippen LogP contribution in [0.3, 0.4) is 0 Å². The van der Waals surface area contributed by atoms with Crippen LogP contribution in [0.5, 0.6) is 0 Å². The van der Waals surface area contributed by atoms with E-state index in [0.29, 0.717) is 0 Å². The van der Waals surface area contributed by atoms with Gasteiger partial charge in [0, 0.05) is 37.6 Å². The highest BCUT2D eigenvalue weighted by Crippen LogP contribution is 2.29. The van der Waals surface area contributed by atoms with Gasteiger partial charge in [0.1, 0.15) is 0 Å². The molecule has 0 aliphatic carbocycles.